The molecule has 0 unspecified atom stereocenters. The number of hydrogen-bond acceptors (Lipinski definition) is 8. The van der Waals surface area contributed by atoms with Crippen molar-refractivity contribution in [3.05, 3.63) is 12.5 Å². The van der Waals surface area contributed by atoms with E-state index in [-0.39, 0.29) is 12.5 Å². The Kier molecular flexibility index (Phi) is 3.25. The van der Waals surface area contributed by atoms with Gasteiger partial charge in [-0.2, -0.15) is 0 Å². The maximum absolute atomic E-state index is 11.8. The molecule has 1 fully saturated rings. The van der Waals surface area contributed by atoms with Crippen LogP contribution in [0.4, 0.5) is 11.5 Å². The predicted molar refractivity (Wildman–Crippen MR) is 82.3 cm³/mol. The van der Waals surface area contributed by atoms with Crippen molar-refractivity contribution in [1.82, 2.24) is 14.5 Å². The third-order valence-corrected chi connectivity index (χ3v) is 4.49. The molecule has 0 aromatic carbocycles. The van der Waals surface area contributed by atoms with Crippen LogP contribution in [0.1, 0.15) is 13.2 Å². The van der Waals surface area contributed by atoms with E-state index in [4.69, 9.17) is 4.74 Å². The fraction of sp³-hybridized carbons (Fsp3) is 0.500. The molecule has 0 saturated carbocycles. The summed E-state index contributed by atoms with van der Waals surface area (Å²) in [6, 6.07) is 0. The minimum absolute atomic E-state index is 0.0870. The summed E-state index contributed by atoms with van der Waals surface area (Å²) >= 11 is 0. The molecule has 1 amide bonds. The van der Waals surface area contributed by atoms with Gasteiger partial charge in [-0.1, -0.05) is 0 Å². The fourth-order valence-electron chi connectivity index (χ4n) is 3.24. The van der Waals surface area contributed by atoms with Crippen molar-refractivity contribution in [2.75, 3.05) is 23.8 Å². The van der Waals surface area contributed by atoms with Gasteiger partial charge in [0.2, 0.25) is 5.91 Å². The molecule has 128 valence electrons. The third-order valence-electron chi connectivity index (χ3n) is 4.49. The highest BCUT2D eigenvalue weighted by Crippen LogP contribution is 2.42. The quantitative estimate of drug-likeness (QED) is 0.460. The van der Waals surface area contributed by atoms with Crippen molar-refractivity contribution >= 4 is 28.4 Å². The van der Waals surface area contributed by atoms with Crippen molar-refractivity contribution < 1.29 is 24.9 Å². The minimum Gasteiger partial charge on any atom is -0.394 e. The van der Waals surface area contributed by atoms with Gasteiger partial charge < -0.3 is 35.3 Å². The molecule has 2 aliphatic rings. The van der Waals surface area contributed by atoms with E-state index in [9.17, 15) is 20.1 Å². The Balaban J connectivity index is 1.88. The number of carbonyl (C=O) groups excluding carboxylic acids is 1. The molecule has 10 heteroatoms. The lowest BCUT2D eigenvalue weighted by atomic mass is 9.96. The van der Waals surface area contributed by atoms with Crippen molar-refractivity contribution in [1.29, 1.82) is 0 Å². The SMILES string of the molecule is C[C@@]1(O)[C@H](O)[C@@H](CO)O[C@H]1n1cc2c3c(ncnc31)NCC(=O)N2. The fourth-order valence-corrected chi connectivity index (χ4v) is 3.24. The molecule has 1 saturated heterocycles. The highest BCUT2D eigenvalue weighted by atomic mass is 16.6. The first kappa shape index (κ1) is 15.3. The highest BCUT2D eigenvalue weighted by molar-refractivity contribution is 6.09. The van der Waals surface area contributed by atoms with Crippen LogP contribution in [0.15, 0.2) is 12.5 Å². The van der Waals surface area contributed by atoms with Gasteiger partial charge in [0.25, 0.3) is 0 Å². The Morgan fingerprint density at radius 1 is 1.50 bits per heavy atom. The van der Waals surface area contributed by atoms with Crippen LogP contribution in [-0.4, -0.2) is 66.7 Å². The molecule has 0 bridgehead atoms. The van der Waals surface area contributed by atoms with Crippen molar-refractivity contribution in [2.45, 2.75) is 31.0 Å². The first-order valence-electron chi connectivity index (χ1n) is 7.49. The second-order valence-corrected chi connectivity index (χ2v) is 6.15. The Morgan fingerprint density at radius 2 is 2.29 bits per heavy atom. The number of ether oxygens (including phenoxy) is 1. The number of hydrogen-bond donors (Lipinski definition) is 5. The number of anilines is 2. The summed E-state index contributed by atoms with van der Waals surface area (Å²) in [5, 5.41) is 36.4. The minimum atomic E-state index is -1.65. The van der Waals surface area contributed by atoms with Gasteiger partial charge in [-0.25, -0.2) is 9.97 Å². The van der Waals surface area contributed by atoms with E-state index in [2.05, 4.69) is 20.6 Å². The zero-order valence-corrected chi connectivity index (χ0v) is 12.8. The van der Waals surface area contributed by atoms with Gasteiger partial charge in [0, 0.05) is 6.20 Å². The summed E-state index contributed by atoms with van der Waals surface area (Å²) in [7, 11) is 0. The predicted octanol–water partition coefficient (Wildman–Crippen LogP) is -1.20. The smallest absolute Gasteiger partial charge is 0.243 e. The van der Waals surface area contributed by atoms with Crippen LogP contribution in [0, 0.1) is 0 Å². The maximum Gasteiger partial charge on any atom is 0.243 e. The number of amides is 1. The molecule has 4 rings (SSSR count). The van der Waals surface area contributed by atoms with Crippen LogP contribution in [-0.2, 0) is 9.53 Å². The second-order valence-electron chi connectivity index (χ2n) is 6.15. The van der Waals surface area contributed by atoms with Crippen LogP contribution in [0.3, 0.4) is 0 Å². The van der Waals surface area contributed by atoms with E-state index in [1.165, 1.54) is 17.8 Å². The van der Waals surface area contributed by atoms with Gasteiger partial charge in [0.05, 0.1) is 24.2 Å². The van der Waals surface area contributed by atoms with Gasteiger partial charge >= 0.3 is 0 Å². The standard InChI is InChI=1S/C14H17N5O5/c1-14(23)10(22)7(4-20)24-13(14)19-3-6-9-11(15-2-8(21)18-6)16-5-17-12(9)19/h3,5,7,10,13,20,22-23H,2,4H2,1H3,(H,18,21)(H,15,16,17)/t7-,10-,13-,14-/m1/s1. The van der Waals surface area contributed by atoms with Crippen LogP contribution in [0.2, 0.25) is 0 Å². The Morgan fingerprint density at radius 3 is 3.00 bits per heavy atom. The third kappa shape index (κ3) is 2.01. The number of aliphatic hydroxyl groups excluding tert-OH is 2. The summed E-state index contributed by atoms with van der Waals surface area (Å²) in [6.45, 7) is 1.08. The molecule has 5 N–H and O–H groups in total. The van der Waals surface area contributed by atoms with Gasteiger partial charge in [-0.3, -0.25) is 4.79 Å². The molecule has 4 heterocycles. The Labute approximate surface area is 136 Å². The van der Waals surface area contributed by atoms with Gasteiger partial charge in [-0.15, -0.1) is 0 Å². The summed E-state index contributed by atoms with van der Waals surface area (Å²) < 4.78 is 7.16. The molecule has 2 aromatic rings. The molecular weight excluding hydrogens is 318 g/mol. The number of aliphatic hydroxyl groups is 3. The van der Waals surface area contributed by atoms with Crippen LogP contribution in [0.5, 0.6) is 0 Å². The molecular formula is C14H17N5O5. The van der Waals surface area contributed by atoms with E-state index in [0.29, 0.717) is 22.5 Å². The second kappa shape index (κ2) is 5.11. The highest BCUT2D eigenvalue weighted by Gasteiger charge is 2.53. The molecule has 4 atom stereocenters. The van der Waals surface area contributed by atoms with Crippen molar-refractivity contribution in [2.24, 2.45) is 0 Å². The number of aromatic nitrogens is 3. The van der Waals surface area contributed by atoms with Gasteiger partial charge in [0.15, 0.2) is 6.23 Å². The topological polar surface area (TPSA) is 142 Å². The summed E-state index contributed by atoms with van der Waals surface area (Å²) in [5.41, 5.74) is -0.735. The summed E-state index contributed by atoms with van der Waals surface area (Å²) in [5.74, 6) is 0.253. The number of nitrogens with zero attached hydrogens (tertiary/aromatic N) is 3. The average Bonchev–Trinajstić information content (AvgIpc) is 2.95. The Hall–Kier alpha value is -2.27. The van der Waals surface area contributed by atoms with E-state index < -0.39 is 30.6 Å². The van der Waals surface area contributed by atoms with Crippen LogP contribution < -0.4 is 10.6 Å². The van der Waals surface area contributed by atoms with Crippen LogP contribution >= 0.6 is 0 Å². The number of rotatable bonds is 2. The van der Waals surface area contributed by atoms with Crippen molar-refractivity contribution in [3.8, 4) is 0 Å². The zero-order valence-electron chi connectivity index (χ0n) is 12.8. The summed E-state index contributed by atoms with van der Waals surface area (Å²) in [6.07, 6.45) is -0.257. The monoisotopic (exact) mass is 335 g/mol. The lowest BCUT2D eigenvalue weighted by Gasteiger charge is -2.27. The average molecular weight is 335 g/mol. The summed E-state index contributed by atoms with van der Waals surface area (Å²) in [4.78, 5) is 20.2. The normalized spacial score (nSPS) is 32.5. The first-order chi connectivity index (χ1) is 11.4. The Bertz CT molecular complexity index is 819. The molecule has 0 spiro atoms. The van der Waals surface area contributed by atoms with Gasteiger partial charge in [-0.05, 0) is 6.92 Å². The van der Waals surface area contributed by atoms with E-state index in [1.54, 1.807) is 6.20 Å². The van der Waals surface area contributed by atoms with Crippen LogP contribution in [0.25, 0.3) is 11.0 Å². The number of nitrogens with one attached hydrogen (secondary N) is 2. The zero-order chi connectivity index (χ0) is 17.1. The molecule has 2 aliphatic heterocycles. The molecule has 0 radical (unpaired) electrons. The van der Waals surface area contributed by atoms with E-state index in [0.717, 1.165) is 0 Å². The van der Waals surface area contributed by atoms with Gasteiger partial charge in [0.1, 0.15) is 35.6 Å². The molecule has 2 aromatic heterocycles. The first-order valence-corrected chi connectivity index (χ1v) is 7.49. The van der Waals surface area contributed by atoms with E-state index >= 15 is 0 Å². The van der Waals surface area contributed by atoms with Crippen molar-refractivity contribution in [3.63, 3.8) is 0 Å². The molecule has 24 heavy (non-hydrogen) atoms. The lowest BCUT2D eigenvalue weighted by molar-refractivity contribution is -0.114. The maximum atomic E-state index is 11.8. The van der Waals surface area contributed by atoms with E-state index in [1.807, 2.05) is 0 Å². The largest absolute Gasteiger partial charge is 0.394 e. The molecule has 0 aliphatic carbocycles. The lowest BCUT2D eigenvalue weighted by Crippen LogP contribution is -2.44. The number of carbonyl (C=O) groups is 1. The molecule has 10 nitrogen and oxygen atoms in total.